The van der Waals surface area contributed by atoms with Gasteiger partial charge in [-0.15, -0.1) is 0 Å². The van der Waals surface area contributed by atoms with E-state index in [0.717, 1.165) is 19.5 Å². The van der Waals surface area contributed by atoms with Crippen molar-refractivity contribution in [3.8, 4) is 5.75 Å². The van der Waals surface area contributed by atoms with Crippen molar-refractivity contribution in [2.75, 3.05) is 45.6 Å². The zero-order valence-corrected chi connectivity index (χ0v) is 13.0. The molecule has 0 aromatic heterocycles. The molecule has 1 aromatic rings. The van der Waals surface area contributed by atoms with Gasteiger partial charge in [-0.3, -0.25) is 4.90 Å². The van der Waals surface area contributed by atoms with Gasteiger partial charge in [0.15, 0.2) is 0 Å². The number of rotatable bonds is 5. The standard InChI is InChI=1S/C14H21FN2O3S/c1-21(18,19)17-8-2-7-16(9-10-17)11-12-20-14-5-3-13(15)4-6-14/h3-6H,2,7-12H2,1H3. The fraction of sp³-hybridized carbons (Fsp3) is 0.571. The molecule has 1 aliphatic rings. The summed E-state index contributed by atoms with van der Waals surface area (Å²) in [5.74, 6) is 0.361. The van der Waals surface area contributed by atoms with Crippen LogP contribution in [0.3, 0.4) is 0 Å². The average molecular weight is 316 g/mol. The van der Waals surface area contributed by atoms with Gasteiger partial charge < -0.3 is 4.74 Å². The highest BCUT2D eigenvalue weighted by Gasteiger charge is 2.20. The van der Waals surface area contributed by atoms with Gasteiger partial charge in [0, 0.05) is 26.2 Å². The molecule has 1 fully saturated rings. The maximum absolute atomic E-state index is 12.8. The monoisotopic (exact) mass is 316 g/mol. The second kappa shape index (κ2) is 7.20. The van der Waals surface area contributed by atoms with Gasteiger partial charge in [0.1, 0.15) is 18.2 Å². The summed E-state index contributed by atoms with van der Waals surface area (Å²) in [4.78, 5) is 2.19. The van der Waals surface area contributed by atoms with E-state index in [-0.39, 0.29) is 5.82 Å². The first-order chi connectivity index (χ1) is 9.95. The molecule has 0 aliphatic carbocycles. The molecule has 0 radical (unpaired) electrons. The van der Waals surface area contributed by atoms with Gasteiger partial charge in [-0.05, 0) is 37.2 Å². The largest absolute Gasteiger partial charge is 0.492 e. The summed E-state index contributed by atoms with van der Waals surface area (Å²) in [6.07, 6.45) is 2.07. The Morgan fingerprint density at radius 1 is 1.14 bits per heavy atom. The highest BCUT2D eigenvalue weighted by Crippen LogP contribution is 2.11. The van der Waals surface area contributed by atoms with Crippen LogP contribution in [0.5, 0.6) is 5.75 Å². The smallest absolute Gasteiger partial charge is 0.211 e. The van der Waals surface area contributed by atoms with Crippen molar-refractivity contribution in [2.45, 2.75) is 6.42 Å². The maximum Gasteiger partial charge on any atom is 0.211 e. The highest BCUT2D eigenvalue weighted by atomic mass is 32.2. The van der Waals surface area contributed by atoms with Gasteiger partial charge in [0.05, 0.1) is 6.26 Å². The molecule has 118 valence electrons. The minimum Gasteiger partial charge on any atom is -0.492 e. The lowest BCUT2D eigenvalue weighted by Crippen LogP contribution is -2.35. The van der Waals surface area contributed by atoms with Crippen LogP contribution in [0.1, 0.15) is 6.42 Å². The van der Waals surface area contributed by atoms with Crippen LogP contribution in [-0.2, 0) is 10.0 Å². The summed E-state index contributed by atoms with van der Waals surface area (Å²) >= 11 is 0. The second-order valence-electron chi connectivity index (χ2n) is 5.16. The Bertz CT molecular complexity index is 548. The molecule has 7 heteroatoms. The van der Waals surface area contributed by atoms with Crippen molar-refractivity contribution in [1.29, 1.82) is 0 Å². The van der Waals surface area contributed by atoms with Gasteiger partial charge in [0.2, 0.25) is 10.0 Å². The number of benzene rings is 1. The van der Waals surface area contributed by atoms with Crippen molar-refractivity contribution in [1.82, 2.24) is 9.21 Å². The molecular formula is C14H21FN2O3S. The van der Waals surface area contributed by atoms with Gasteiger partial charge in [-0.25, -0.2) is 17.1 Å². The summed E-state index contributed by atoms with van der Waals surface area (Å²) in [5.41, 5.74) is 0. The van der Waals surface area contributed by atoms with E-state index in [1.54, 1.807) is 12.1 Å². The molecule has 2 rings (SSSR count). The Morgan fingerprint density at radius 3 is 2.52 bits per heavy atom. The minimum atomic E-state index is -3.10. The number of hydrogen-bond acceptors (Lipinski definition) is 4. The lowest BCUT2D eigenvalue weighted by molar-refractivity contribution is 0.215. The topological polar surface area (TPSA) is 49.9 Å². The Labute approximate surface area is 125 Å². The summed E-state index contributed by atoms with van der Waals surface area (Å²) in [7, 11) is -3.10. The molecule has 0 atom stereocenters. The van der Waals surface area contributed by atoms with E-state index >= 15 is 0 Å². The fourth-order valence-electron chi connectivity index (χ4n) is 2.33. The van der Waals surface area contributed by atoms with Gasteiger partial charge in [0.25, 0.3) is 0 Å². The molecule has 21 heavy (non-hydrogen) atoms. The number of hydrogen-bond donors (Lipinski definition) is 0. The van der Waals surface area contributed by atoms with Gasteiger partial charge in [-0.1, -0.05) is 0 Å². The SMILES string of the molecule is CS(=O)(=O)N1CCCN(CCOc2ccc(F)cc2)CC1. The molecule has 0 saturated carbocycles. The van der Waals surface area contributed by atoms with Crippen LogP contribution < -0.4 is 4.74 Å². The van der Waals surface area contributed by atoms with Crippen molar-refractivity contribution in [2.24, 2.45) is 0 Å². The first kappa shape index (κ1) is 16.2. The van der Waals surface area contributed by atoms with Crippen LogP contribution in [0.25, 0.3) is 0 Å². The number of nitrogens with zero attached hydrogens (tertiary/aromatic N) is 2. The van der Waals surface area contributed by atoms with Crippen molar-refractivity contribution in [3.63, 3.8) is 0 Å². The molecular weight excluding hydrogens is 295 g/mol. The summed E-state index contributed by atoms with van der Waals surface area (Å²) in [6, 6.07) is 5.93. The van der Waals surface area contributed by atoms with Crippen LogP contribution in [0.15, 0.2) is 24.3 Å². The third-order valence-corrected chi connectivity index (χ3v) is 4.81. The lowest BCUT2D eigenvalue weighted by atomic mass is 10.3. The Balaban J connectivity index is 1.75. The van der Waals surface area contributed by atoms with Crippen LogP contribution in [0.4, 0.5) is 4.39 Å². The Hall–Kier alpha value is -1.18. The van der Waals surface area contributed by atoms with E-state index in [4.69, 9.17) is 4.74 Å². The predicted octanol–water partition coefficient (Wildman–Crippen LogP) is 1.17. The first-order valence-electron chi connectivity index (χ1n) is 7.01. The molecule has 1 aromatic carbocycles. The van der Waals surface area contributed by atoms with E-state index in [9.17, 15) is 12.8 Å². The second-order valence-corrected chi connectivity index (χ2v) is 7.14. The minimum absolute atomic E-state index is 0.282. The van der Waals surface area contributed by atoms with Crippen LogP contribution in [0, 0.1) is 5.82 Å². The van der Waals surface area contributed by atoms with Crippen LogP contribution in [-0.4, -0.2) is 63.2 Å². The quantitative estimate of drug-likeness (QED) is 0.818. The van der Waals surface area contributed by atoms with Gasteiger partial charge in [-0.2, -0.15) is 0 Å². The van der Waals surface area contributed by atoms with Crippen molar-refractivity contribution in [3.05, 3.63) is 30.1 Å². The summed E-state index contributed by atoms with van der Waals surface area (Å²) < 4.78 is 42.9. The molecule has 1 aliphatic heterocycles. The average Bonchev–Trinajstić information content (AvgIpc) is 2.66. The number of sulfonamides is 1. The Kier molecular flexibility index (Phi) is 5.55. The molecule has 0 unspecified atom stereocenters. The lowest BCUT2D eigenvalue weighted by Gasteiger charge is -2.20. The van der Waals surface area contributed by atoms with E-state index in [2.05, 4.69) is 4.90 Å². The highest BCUT2D eigenvalue weighted by molar-refractivity contribution is 7.88. The number of ether oxygens (including phenoxy) is 1. The number of halogens is 1. The van der Waals surface area contributed by atoms with Gasteiger partial charge >= 0.3 is 0 Å². The van der Waals surface area contributed by atoms with E-state index in [1.807, 2.05) is 0 Å². The molecule has 0 spiro atoms. The maximum atomic E-state index is 12.8. The van der Waals surface area contributed by atoms with Crippen LogP contribution in [0.2, 0.25) is 0 Å². The normalized spacial score (nSPS) is 18.4. The first-order valence-corrected chi connectivity index (χ1v) is 8.86. The van der Waals surface area contributed by atoms with Crippen molar-refractivity contribution < 1.29 is 17.5 Å². The zero-order chi connectivity index (χ0) is 15.3. The predicted molar refractivity (Wildman–Crippen MR) is 79.4 cm³/mol. The molecule has 1 saturated heterocycles. The Morgan fingerprint density at radius 2 is 1.86 bits per heavy atom. The van der Waals surface area contributed by atoms with Crippen molar-refractivity contribution >= 4 is 10.0 Å². The van der Waals surface area contributed by atoms with E-state index in [0.29, 0.717) is 32.0 Å². The molecule has 1 heterocycles. The molecule has 0 amide bonds. The molecule has 0 bridgehead atoms. The summed E-state index contributed by atoms with van der Waals surface area (Å²) in [5, 5.41) is 0. The summed E-state index contributed by atoms with van der Waals surface area (Å²) in [6.45, 7) is 3.90. The molecule has 0 N–H and O–H groups in total. The fourth-order valence-corrected chi connectivity index (χ4v) is 3.20. The van der Waals surface area contributed by atoms with E-state index in [1.165, 1.54) is 22.7 Å². The molecule has 5 nitrogen and oxygen atoms in total. The van der Waals surface area contributed by atoms with Crippen LogP contribution >= 0.6 is 0 Å². The third kappa shape index (κ3) is 5.26. The van der Waals surface area contributed by atoms with E-state index < -0.39 is 10.0 Å². The zero-order valence-electron chi connectivity index (χ0n) is 12.2. The third-order valence-electron chi connectivity index (χ3n) is 3.51.